The topological polar surface area (TPSA) is 120 Å². The lowest BCUT2D eigenvalue weighted by Gasteiger charge is -2.15. The highest BCUT2D eigenvalue weighted by Gasteiger charge is 2.20. The Kier molecular flexibility index (Phi) is 5.34. The highest BCUT2D eigenvalue weighted by atomic mass is 16.4. The first kappa shape index (κ1) is 18.8. The summed E-state index contributed by atoms with van der Waals surface area (Å²) < 4.78 is 5.14. The fourth-order valence-electron chi connectivity index (χ4n) is 3.38. The molecule has 0 radical (unpaired) electrons. The van der Waals surface area contributed by atoms with Gasteiger partial charge in [0.1, 0.15) is 17.1 Å². The van der Waals surface area contributed by atoms with Crippen molar-refractivity contribution in [3.05, 3.63) is 33.7 Å². The molecule has 1 aromatic heterocycles. The van der Waals surface area contributed by atoms with Gasteiger partial charge in [0, 0.05) is 38.2 Å². The van der Waals surface area contributed by atoms with Gasteiger partial charge in [0.2, 0.25) is 11.8 Å². The Labute approximate surface area is 155 Å². The number of carbonyl (C=O) groups excluding carboxylic acids is 2. The smallest absolute Gasteiger partial charge is 0.340 e. The number of hydrogen-bond acceptors (Lipinski definition) is 6. The van der Waals surface area contributed by atoms with Crippen LogP contribution in [0.5, 0.6) is 11.5 Å². The van der Waals surface area contributed by atoms with Crippen LogP contribution in [0.3, 0.4) is 0 Å². The zero-order valence-electron chi connectivity index (χ0n) is 15.1. The molecule has 0 unspecified atom stereocenters. The van der Waals surface area contributed by atoms with Gasteiger partial charge < -0.3 is 24.8 Å². The number of phenolic OH excluding ortho intramolecular Hbond substituents is 2. The second-order valence-corrected chi connectivity index (χ2v) is 6.70. The quantitative estimate of drug-likeness (QED) is 0.516. The highest BCUT2D eigenvalue weighted by Crippen LogP contribution is 2.32. The maximum absolute atomic E-state index is 12.2. The minimum atomic E-state index is -0.678. The second-order valence-electron chi connectivity index (χ2n) is 6.70. The van der Waals surface area contributed by atoms with Gasteiger partial charge in [-0.1, -0.05) is 0 Å². The summed E-state index contributed by atoms with van der Waals surface area (Å²) in [5, 5.41) is 22.6. The van der Waals surface area contributed by atoms with Crippen LogP contribution in [0.25, 0.3) is 11.0 Å². The molecule has 1 fully saturated rings. The van der Waals surface area contributed by atoms with Gasteiger partial charge in [-0.3, -0.25) is 9.59 Å². The lowest BCUT2D eigenvalue weighted by molar-refractivity contribution is -0.127. The van der Waals surface area contributed by atoms with E-state index in [-0.39, 0.29) is 40.9 Å². The van der Waals surface area contributed by atoms with Crippen LogP contribution in [0.15, 0.2) is 21.3 Å². The van der Waals surface area contributed by atoms with E-state index < -0.39 is 5.63 Å². The van der Waals surface area contributed by atoms with Crippen LogP contribution in [-0.4, -0.2) is 46.6 Å². The van der Waals surface area contributed by atoms with Crippen molar-refractivity contribution in [3.8, 4) is 11.5 Å². The van der Waals surface area contributed by atoms with E-state index in [2.05, 4.69) is 5.32 Å². The molecule has 27 heavy (non-hydrogen) atoms. The molecule has 8 nitrogen and oxygen atoms in total. The number of nitrogens with zero attached hydrogens (tertiary/aromatic N) is 1. The Morgan fingerprint density at radius 2 is 2.07 bits per heavy atom. The number of amides is 2. The average molecular weight is 374 g/mol. The maximum Gasteiger partial charge on any atom is 0.340 e. The number of hydrogen-bond donors (Lipinski definition) is 3. The van der Waals surface area contributed by atoms with Gasteiger partial charge in [0.05, 0.1) is 17.4 Å². The Morgan fingerprint density at radius 3 is 2.78 bits per heavy atom. The van der Waals surface area contributed by atoms with Gasteiger partial charge in [0.15, 0.2) is 0 Å². The van der Waals surface area contributed by atoms with Crippen LogP contribution >= 0.6 is 0 Å². The van der Waals surface area contributed by atoms with Gasteiger partial charge in [-0.2, -0.15) is 0 Å². The van der Waals surface area contributed by atoms with Crippen molar-refractivity contribution < 1.29 is 24.2 Å². The third-order valence-electron chi connectivity index (χ3n) is 4.78. The molecule has 3 rings (SSSR count). The minimum absolute atomic E-state index is 0.0643. The molecule has 2 heterocycles. The Balaban J connectivity index is 1.64. The van der Waals surface area contributed by atoms with Crippen LogP contribution in [-0.2, 0) is 16.0 Å². The Hall–Kier alpha value is -3.03. The van der Waals surface area contributed by atoms with Crippen molar-refractivity contribution in [1.29, 1.82) is 0 Å². The molecule has 1 aliphatic rings. The molecule has 8 heteroatoms. The molecule has 1 saturated heterocycles. The number of benzene rings is 1. The van der Waals surface area contributed by atoms with E-state index in [0.717, 1.165) is 19.0 Å². The summed E-state index contributed by atoms with van der Waals surface area (Å²) in [6, 6.07) is 2.39. The number of aryl methyl sites for hydroxylation is 1. The number of rotatable bonds is 6. The molecule has 0 spiro atoms. The predicted molar refractivity (Wildman–Crippen MR) is 97.7 cm³/mol. The predicted octanol–water partition coefficient (Wildman–Crippen LogP) is 1.18. The fourth-order valence-corrected chi connectivity index (χ4v) is 3.38. The number of nitrogens with one attached hydrogen (secondary N) is 1. The molecule has 1 aromatic carbocycles. The summed E-state index contributed by atoms with van der Waals surface area (Å²) in [5.41, 5.74) is -0.00970. The summed E-state index contributed by atoms with van der Waals surface area (Å²) in [5.74, 6) is -0.625. The average Bonchev–Trinajstić information content (AvgIpc) is 2.99. The van der Waals surface area contributed by atoms with Crippen molar-refractivity contribution in [3.63, 3.8) is 0 Å². The van der Waals surface area contributed by atoms with E-state index in [1.807, 2.05) is 0 Å². The number of aromatic hydroxyl groups is 2. The summed E-state index contributed by atoms with van der Waals surface area (Å²) in [6.07, 6.45) is 1.94. The van der Waals surface area contributed by atoms with E-state index in [4.69, 9.17) is 4.42 Å². The van der Waals surface area contributed by atoms with Crippen molar-refractivity contribution >= 4 is 22.8 Å². The molecule has 0 bridgehead atoms. The van der Waals surface area contributed by atoms with Crippen molar-refractivity contribution in [1.82, 2.24) is 10.2 Å². The highest BCUT2D eigenvalue weighted by molar-refractivity contribution is 5.90. The van der Waals surface area contributed by atoms with E-state index in [9.17, 15) is 24.6 Å². The maximum atomic E-state index is 12.2. The number of carbonyl (C=O) groups is 2. The lowest BCUT2D eigenvalue weighted by atomic mass is 10.0. The van der Waals surface area contributed by atoms with Gasteiger partial charge in [-0.25, -0.2) is 4.79 Å². The van der Waals surface area contributed by atoms with Gasteiger partial charge in [0.25, 0.3) is 0 Å². The molecule has 2 amide bonds. The molecular formula is C19H22N2O6. The molecule has 2 aromatic rings. The first-order valence-electron chi connectivity index (χ1n) is 8.89. The normalized spacial score (nSPS) is 14.1. The van der Waals surface area contributed by atoms with Crippen LogP contribution in [0.1, 0.15) is 30.4 Å². The molecular weight excluding hydrogens is 352 g/mol. The fraction of sp³-hybridized carbons (Fsp3) is 0.421. The first-order chi connectivity index (χ1) is 12.9. The first-order valence-corrected chi connectivity index (χ1v) is 8.89. The summed E-state index contributed by atoms with van der Waals surface area (Å²) >= 11 is 0. The Bertz CT molecular complexity index is 949. The molecule has 1 aliphatic heterocycles. The van der Waals surface area contributed by atoms with Crippen LogP contribution in [0, 0.1) is 6.92 Å². The van der Waals surface area contributed by atoms with E-state index in [1.165, 1.54) is 6.07 Å². The molecule has 144 valence electrons. The summed E-state index contributed by atoms with van der Waals surface area (Å²) in [4.78, 5) is 37.7. The zero-order chi connectivity index (χ0) is 19.6. The SMILES string of the molecule is Cc1c(CC(=O)NCCCN2CCCC2=O)c(=O)oc2cc(O)cc(O)c12. The van der Waals surface area contributed by atoms with Crippen molar-refractivity contribution in [2.75, 3.05) is 19.6 Å². The van der Waals surface area contributed by atoms with Crippen molar-refractivity contribution in [2.24, 2.45) is 0 Å². The molecule has 0 saturated carbocycles. The van der Waals surface area contributed by atoms with Crippen LogP contribution in [0.2, 0.25) is 0 Å². The van der Waals surface area contributed by atoms with Crippen LogP contribution in [0.4, 0.5) is 0 Å². The van der Waals surface area contributed by atoms with Crippen molar-refractivity contribution in [2.45, 2.75) is 32.6 Å². The summed E-state index contributed by atoms with van der Waals surface area (Å²) in [7, 11) is 0. The Morgan fingerprint density at radius 1 is 1.30 bits per heavy atom. The van der Waals surface area contributed by atoms with Gasteiger partial charge in [-0.05, 0) is 25.3 Å². The van der Waals surface area contributed by atoms with E-state index in [0.29, 0.717) is 36.9 Å². The lowest BCUT2D eigenvalue weighted by Crippen LogP contribution is -2.32. The largest absolute Gasteiger partial charge is 0.508 e. The number of likely N-dealkylation sites (tertiary alicyclic amines) is 1. The van der Waals surface area contributed by atoms with Gasteiger partial charge >= 0.3 is 5.63 Å². The third kappa shape index (κ3) is 4.05. The van der Waals surface area contributed by atoms with Gasteiger partial charge in [-0.15, -0.1) is 0 Å². The standard InChI is InChI=1S/C19H22N2O6/c1-11-13(19(26)27-15-9-12(22)8-14(23)18(11)15)10-16(24)20-5-3-7-21-6-2-4-17(21)25/h8-9,22-23H,2-7,10H2,1H3,(H,20,24). The van der Waals surface area contributed by atoms with E-state index in [1.54, 1.807) is 11.8 Å². The zero-order valence-corrected chi connectivity index (χ0v) is 15.1. The molecule has 3 N–H and O–H groups in total. The third-order valence-corrected chi connectivity index (χ3v) is 4.78. The number of phenols is 2. The minimum Gasteiger partial charge on any atom is -0.508 e. The number of fused-ring (bicyclic) bond motifs is 1. The van der Waals surface area contributed by atoms with Crippen LogP contribution < -0.4 is 10.9 Å². The second kappa shape index (κ2) is 7.69. The summed E-state index contributed by atoms with van der Waals surface area (Å²) in [6.45, 7) is 3.40. The molecule has 0 aliphatic carbocycles. The van der Waals surface area contributed by atoms with E-state index >= 15 is 0 Å². The molecule has 0 atom stereocenters. The monoisotopic (exact) mass is 374 g/mol.